The minimum Gasteiger partial charge on any atom is -0.461 e. The van der Waals surface area contributed by atoms with E-state index in [1.165, 1.54) is 5.56 Å². The highest BCUT2D eigenvalue weighted by atomic mass is 16.5. The van der Waals surface area contributed by atoms with Crippen LogP contribution in [0.2, 0.25) is 0 Å². The van der Waals surface area contributed by atoms with Gasteiger partial charge in [-0.25, -0.2) is 4.79 Å². The highest BCUT2D eigenvalue weighted by molar-refractivity contribution is 5.87. The van der Waals surface area contributed by atoms with E-state index in [1.807, 2.05) is 25.2 Å². The van der Waals surface area contributed by atoms with Gasteiger partial charge in [0.2, 0.25) is 0 Å². The molecule has 0 fully saturated rings. The number of aromatic nitrogens is 1. The van der Waals surface area contributed by atoms with Crippen molar-refractivity contribution in [2.75, 3.05) is 13.7 Å². The van der Waals surface area contributed by atoms with E-state index in [4.69, 9.17) is 9.26 Å². The predicted octanol–water partition coefficient (Wildman–Crippen LogP) is 2.48. The van der Waals surface area contributed by atoms with Crippen molar-refractivity contribution in [1.29, 1.82) is 0 Å². The molecule has 2 aromatic rings. The molecule has 5 nitrogen and oxygen atoms in total. The molecule has 0 spiro atoms. The molecule has 0 unspecified atom stereocenters. The van der Waals surface area contributed by atoms with Gasteiger partial charge in [0.15, 0.2) is 11.5 Å². The lowest BCUT2D eigenvalue weighted by Gasteiger charge is -2.14. The summed E-state index contributed by atoms with van der Waals surface area (Å²) in [7, 11) is 1.99. The number of hydrogen-bond acceptors (Lipinski definition) is 5. The van der Waals surface area contributed by atoms with Crippen LogP contribution in [0.1, 0.15) is 28.7 Å². The quantitative estimate of drug-likeness (QED) is 0.757. The molecule has 0 saturated heterocycles. The van der Waals surface area contributed by atoms with E-state index in [-0.39, 0.29) is 5.69 Å². The first-order valence-corrected chi connectivity index (χ1v) is 6.54. The molecule has 0 amide bonds. The second kappa shape index (κ2) is 6.86. The molecule has 1 heterocycles. The van der Waals surface area contributed by atoms with Crippen LogP contribution in [0.5, 0.6) is 0 Å². The van der Waals surface area contributed by atoms with Gasteiger partial charge in [-0.2, -0.15) is 0 Å². The van der Waals surface area contributed by atoms with Crippen molar-refractivity contribution in [1.82, 2.24) is 10.1 Å². The Labute approximate surface area is 118 Å². The molecule has 0 atom stereocenters. The summed E-state index contributed by atoms with van der Waals surface area (Å²) in [4.78, 5) is 13.6. The number of hydrogen-bond donors (Lipinski definition) is 0. The predicted molar refractivity (Wildman–Crippen MR) is 74.1 cm³/mol. The Kier molecular flexibility index (Phi) is 4.90. The third-order valence-electron chi connectivity index (χ3n) is 2.76. The van der Waals surface area contributed by atoms with Gasteiger partial charge in [0.05, 0.1) is 13.2 Å². The lowest BCUT2D eigenvalue weighted by atomic mass is 10.2. The maximum atomic E-state index is 11.5. The fourth-order valence-electron chi connectivity index (χ4n) is 1.91. The number of ether oxygens (including phenoxy) is 1. The molecule has 0 aliphatic rings. The average molecular weight is 274 g/mol. The smallest absolute Gasteiger partial charge is 0.360 e. The van der Waals surface area contributed by atoms with Crippen molar-refractivity contribution in [3.8, 4) is 0 Å². The third-order valence-corrected chi connectivity index (χ3v) is 2.76. The number of carbonyl (C=O) groups excluding carboxylic acids is 1. The molecule has 0 radical (unpaired) electrons. The molecule has 2 rings (SSSR count). The number of carbonyl (C=O) groups is 1. The first-order valence-electron chi connectivity index (χ1n) is 6.54. The minimum atomic E-state index is -0.451. The van der Waals surface area contributed by atoms with E-state index >= 15 is 0 Å². The zero-order valence-corrected chi connectivity index (χ0v) is 11.7. The maximum absolute atomic E-state index is 11.5. The van der Waals surface area contributed by atoms with Gasteiger partial charge in [-0.3, -0.25) is 4.90 Å². The Balaban J connectivity index is 1.91. The fourth-order valence-corrected chi connectivity index (χ4v) is 1.91. The van der Waals surface area contributed by atoms with Crippen molar-refractivity contribution >= 4 is 5.97 Å². The molecular weight excluding hydrogens is 256 g/mol. The largest absolute Gasteiger partial charge is 0.461 e. The van der Waals surface area contributed by atoms with E-state index in [0.717, 1.165) is 6.54 Å². The average Bonchev–Trinajstić information content (AvgIpc) is 2.88. The fraction of sp³-hybridized carbons (Fsp3) is 0.333. The summed E-state index contributed by atoms with van der Waals surface area (Å²) in [6.07, 6.45) is 0. The molecule has 1 aromatic heterocycles. The monoisotopic (exact) mass is 274 g/mol. The van der Waals surface area contributed by atoms with Gasteiger partial charge in [0.1, 0.15) is 0 Å². The lowest BCUT2D eigenvalue weighted by molar-refractivity contribution is 0.0514. The minimum absolute atomic E-state index is 0.218. The standard InChI is InChI=1S/C15H18N2O3/c1-3-19-15(18)14-9-13(20-16-14)11-17(2)10-12-7-5-4-6-8-12/h4-9H,3,10-11H2,1-2H3. The molecule has 5 heteroatoms. The lowest BCUT2D eigenvalue weighted by Crippen LogP contribution is -2.16. The van der Waals surface area contributed by atoms with Gasteiger partial charge in [0.25, 0.3) is 0 Å². The summed E-state index contributed by atoms with van der Waals surface area (Å²) in [6.45, 7) is 3.47. The van der Waals surface area contributed by atoms with Crippen LogP contribution in [0.25, 0.3) is 0 Å². The van der Waals surface area contributed by atoms with Gasteiger partial charge < -0.3 is 9.26 Å². The SMILES string of the molecule is CCOC(=O)c1cc(CN(C)Cc2ccccc2)on1. The molecule has 106 valence electrons. The van der Waals surface area contributed by atoms with E-state index in [1.54, 1.807) is 13.0 Å². The first kappa shape index (κ1) is 14.3. The zero-order valence-electron chi connectivity index (χ0n) is 11.7. The normalized spacial score (nSPS) is 10.8. The van der Waals surface area contributed by atoms with Crippen LogP contribution in [0.15, 0.2) is 40.9 Å². The molecule has 0 N–H and O–H groups in total. The Hall–Kier alpha value is -2.14. The summed E-state index contributed by atoms with van der Waals surface area (Å²) in [5.41, 5.74) is 1.44. The van der Waals surface area contributed by atoms with Gasteiger partial charge in [-0.05, 0) is 19.5 Å². The van der Waals surface area contributed by atoms with E-state index in [0.29, 0.717) is 18.9 Å². The summed E-state index contributed by atoms with van der Waals surface area (Å²) in [5, 5.41) is 3.72. The second-order valence-corrected chi connectivity index (χ2v) is 4.56. The molecule has 1 aromatic carbocycles. The molecule has 20 heavy (non-hydrogen) atoms. The van der Waals surface area contributed by atoms with E-state index in [9.17, 15) is 4.79 Å². The van der Waals surface area contributed by atoms with Crippen molar-refractivity contribution in [2.24, 2.45) is 0 Å². The number of esters is 1. The summed E-state index contributed by atoms with van der Waals surface area (Å²) >= 11 is 0. The van der Waals surface area contributed by atoms with Gasteiger partial charge >= 0.3 is 5.97 Å². The molecule has 0 saturated carbocycles. The Morgan fingerprint density at radius 3 is 2.75 bits per heavy atom. The van der Waals surface area contributed by atoms with Crippen LogP contribution in [-0.2, 0) is 17.8 Å². The van der Waals surface area contributed by atoms with Crippen LogP contribution < -0.4 is 0 Å². The summed E-state index contributed by atoms with van der Waals surface area (Å²) < 4.78 is 10.0. The highest BCUT2D eigenvalue weighted by Gasteiger charge is 2.14. The van der Waals surface area contributed by atoms with Crippen LogP contribution in [0.4, 0.5) is 0 Å². The van der Waals surface area contributed by atoms with Crippen LogP contribution in [-0.4, -0.2) is 29.7 Å². The molecule has 0 aliphatic heterocycles. The Bertz CT molecular complexity index is 551. The van der Waals surface area contributed by atoms with Gasteiger partial charge in [-0.15, -0.1) is 0 Å². The topological polar surface area (TPSA) is 55.6 Å². The molecule has 0 bridgehead atoms. The van der Waals surface area contributed by atoms with Crippen LogP contribution >= 0.6 is 0 Å². The molecule has 0 aliphatic carbocycles. The zero-order chi connectivity index (χ0) is 14.4. The number of benzene rings is 1. The Morgan fingerprint density at radius 1 is 1.30 bits per heavy atom. The maximum Gasteiger partial charge on any atom is 0.360 e. The van der Waals surface area contributed by atoms with E-state index < -0.39 is 5.97 Å². The number of rotatable bonds is 6. The molecular formula is C15H18N2O3. The third kappa shape index (κ3) is 3.93. The van der Waals surface area contributed by atoms with Gasteiger partial charge in [0, 0.05) is 12.6 Å². The van der Waals surface area contributed by atoms with Crippen molar-refractivity contribution in [3.63, 3.8) is 0 Å². The first-order chi connectivity index (χ1) is 9.69. The van der Waals surface area contributed by atoms with Gasteiger partial charge in [-0.1, -0.05) is 35.5 Å². The second-order valence-electron chi connectivity index (χ2n) is 4.56. The van der Waals surface area contributed by atoms with Crippen molar-refractivity contribution < 1.29 is 14.1 Å². The number of nitrogens with zero attached hydrogens (tertiary/aromatic N) is 2. The highest BCUT2D eigenvalue weighted by Crippen LogP contribution is 2.10. The van der Waals surface area contributed by atoms with Crippen LogP contribution in [0.3, 0.4) is 0 Å². The Morgan fingerprint density at radius 2 is 2.05 bits per heavy atom. The summed E-state index contributed by atoms with van der Waals surface area (Å²) in [5.74, 6) is 0.194. The van der Waals surface area contributed by atoms with E-state index in [2.05, 4.69) is 22.2 Å². The van der Waals surface area contributed by atoms with Crippen LogP contribution in [0, 0.1) is 0 Å². The van der Waals surface area contributed by atoms with Crippen molar-refractivity contribution in [3.05, 3.63) is 53.4 Å². The van der Waals surface area contributed by atoms with Crippen molar-refractivity contribution in [2.45, 2.75) is 20.0 Å². The summed E-state index contributed by atoms with van der Waals surface area (Å²) in [6, 6.07) is 11.8.